The van der Waals surface area contributed by atoms with Gasteiger partial charge in [0.15, 0.2) is 0 Å². The van der Waals surface area contributed by atoms with Gasteiger partial charge >= 0.3 is 0 Å². The molecule has 140 valence electrons. The fourth-order valence-corrected chi connectivity index (χ4v) is 3.50. The Morgan fingerprint density at radius 1 is 0.815 bits per heavy atom. The number of hydrogen-bond donors (Lipinski definition) is 1. The van der Waals surface area contributed by atoms with Crippen LogP contribution in [-0.4, -0.2) is 58.5 Å². The Hall–Kier alpha value is -2.37. The van der Waals surface area contributed by atoms with Crippen molar-refractivity contribution in [1.29, 1.82) is 0 Å². The maximum atomic E-state index is 12.7. The molecule has 4 rings (SSSR count). The Morgan fingerprint density at radius 2 is 1.30 bits per heavy atom. The minimum absolute atomic E-state index is 0.0325. The van der Waals surface area contributed by atoms with Gasteiger partial charge in [-0.15, -0.1) is 0 Å². The van der Waals surface area contributed by atoms with Gasteiger partial charge in [0, 0.05) is 36.8 Å². The molecule has 1 aliphatic heterocycles. The van der Waals surface area contributed by atoms with Crippen molar-refractivity contribution in [3.63, 3.8) is 0 Å². The van der Waals surface area contributed by atoms with E-state index in [1.165, 1.54) is 0 Å². The molecule has 0 atom stereocenters. The van der Waals surface area contributed by atoms with Crippen LogP contribution in [-0.2, 0) is 4.79 Å². The number of amides is 2. The second kappa shape index (κ2) is 6.98. The first kappa shape index (κ1) is 18.0. The number of nitrogens with zero attached hydrogens (tertiary/aromatic N) is 2. The molecule has 2 aromatic rings. The molecule has 1 N–H and O–H groups in total. The minimum atomic E-state index is -1.14. The van der Waals surface area contributed by atoms with Gasteiger partial charge in [0.1, 0.15) is 5.60 Å². The molecule has 0 aromatic heterocycles. The highest BCUT2D eigenvalue weighted by atomic mass is 35.5. The lowest BCUT2D eigenvalue weighted by molar-refractivity contribution is -0.143. The summed E-state index contributed by atoms with van der Waals surface area (Å²) < 4.78 is 0. The highest BCUT2D eigenvalue weighted by Gasteiger charge is 2.50. The zero-order valence-corrected chi connectivity index (χ0v) is 15.7. The quantitative estimate of drug-likeness (QED) is 0.885. The smallest absolute Gasteiger partial charge is 0.254 e. The van der Waals surface area contributed by atoms with E-state index in [1.807, 2.05) is 48.5 Å². The van der Waals surface area contributed by atoms with Crippen LogP contribution in [0, 0.1) is 0 Å². The molecule has 1 saturated heterocycles. The van der Waals surface area contributed by atoms with E-state index in [1.54, 1.807) is 9.80 Å². The highest BCUT2D eigenvalue weighted by Crippen LogP contribution is 2.37. The molecule has 0 bridgehead atoms. The number of hydrogen-bond acceptors (Lipinski definition) is 3. The van der Waals surface area contributed by atoms with Gasteiger partial charge in [0.25, 0.3) is 11.8 Å². The van der Waals surface area contributed by atoms with Gasteiger partial charge in [-0.3, -0.25) is 9.59 Å². The van der Waals surface area contributed by atoms with Crippen LogP contribution >= 0.6 is 11.6 Å². The Labute approximate surface area is 163 Å². The summed E-state index contributed by atoms with van der Waals surface area (Å²) in [5, 5.41) is 10.7. The largest absolute Gasteiger partial charge is 0.380 e. The van der Waals surface area contributed by atoms with Crippen LogP contribution in [0.5, 0.6) is 0 Å². The number of piperazine rings is 1. The van der Waals surface area contributed by atoms with E-state index >= 15 is 0 Å². The second-order valence-corrected chi connectivity index (χ2v) is 7.64. The van der Waals surface area contributed by atoms with Crippen molar-refractivity contribution in [2.45, 2.75) is 18.4 Å². The SMILES string of the molecule is O=C(c1ccc(-c2ccc(Cl)cc2)cc1)N1CCN(C(=O)C2(O)CC2)CC1. The Balaban J connectivity index is 1.38. The molecule has 1 heterocycles. The van der Waals surface area contributed by atoms with E-state index < -0.39 is 5.60 Å². The average Bonchev–Trinajstić information content (AvgIpc) is 3.46. The highest BCUT2D eigenvalue weighted by molar-refractivity contribution is 6.30. The molecular formula is C21H21ClN2O3. The van der Waals surface area contributed by atoms with Crippen molar-refractivity contribution in [2.24, 2.45) is 0 Å². The van der Waals surface area contributed by atoms with Gasteiger partial charge in [0.05, 0.1) is 0 Å². The van der Waals surface area contributed by atoms with Crippen LogP contribution in [0.3, 0.4) is 0 Å². The Kier molecular flexibility index (Phi) is 4.66. The third kappa shape index (κ3) is 3.70. The molecule has 0 spiro atoms. The van der Waals surface area contributed by atoms with Crippen molar-refractivity contribution >= 4 is 23.4 Å². The predicted octanol–water partition coefficient (Wildman–Crippen LogP) is 2.82. The molecule has 27 heavy (non-hydrogen) atoms. The van der Waals surface area contributed by atoms with E-state index in [9.17, 15) is 14.7 Å². The molecular weight excluding hydrogens is 364 g/mol. The van der Waals surface area contributed by atoms with Gasteiger partial charge in [-0.2, -0.15) is 0 Å². The predicted molar refractivity (Wildman–Crippen MR) is 104 cm³/mol. The Morgan fingerprint density at radius 3 is 1.81 bits per heavy atom. The number of carbonyl (C=O) groups is 2. The summed E-state index contributed by atoms with van der Waals surface area (Å²) in [4.78, 5) is 28.3. The zero-order valence-electron chi connectivity index (χ0n) is 14.9. The molecule has 1 saturated carbocycles. The maximum absolute atomic E-state index is 12.7. The van der Waals surface area contributed by atoms with Gasteiger partial charge in [0.2, 0.25) is 0 Å². The first-order chi connectivity index (χ1) is 13.0. The Bertz CT molecular complexity index is 852. The van der Waals surface area contributed by atoms with Gasteiger partial charge in [-0.25, -0.2) is 0 Å². The molecule has 2 aromatic carbocycles. The fourth-order valence-electron chi connectivity index (χ4n) is 3.37. The summed E-state index contributed by atoms with van der Waals surface area (Å²) in [7, 11) is 0. The molecule has 2 amide bonds. The van der Waals surface area contributed by atoms with Crippen LogP contribution < -0.4 is 0 Å². The third-order valence-electron chi connectivity index (χ3n) is 5.29. The monoisotopic (exact) mass is 384 g/mol. The first-order valence-corrected chi connectivity index (χ1v) is 9.51. The van der Waals surface area contributed by atoms with Crippen molar-refractivity contribution in [2.75, 3.05) is 26.2 Å². The summed E-state index contributed by atoms with van der Waals surface area (Å²) in [6, 6.07) is 15.1. The summed E-state index contributed by atoms with van der Waals surface area (Å²) >= 11 is 5.92. The van der Waals surface area contributed by atoms with E-state index in [0.717, 1.165) is 11.1 Å². The fraction of sp³-hybridized carbons (Fsp3) is 0.333. The lowest BCUT2D eigenvalue weighted by Crippen LogP contribution is -2.53. The third-order valence-corrected chi connectivity index (χ3v) is 5.54. The van der Waals surface area contributed by atoms with Gasteiger partial charge < -0.3 is 14.9 Å². The minimum Gasteiger partial charge on any atom is -0.380 e. The summed E-state index contributed by atoms with van der Waals surface area (Å²) in [6.45, 7) is 1.91. The number of aliphatic hydroxyl groups is 1. The van der Waals surface area contributed by atoms with Crippen LogP contribution in [0.25, 0.3) is 11.1 Å². The molecule has 0 unspecified atom stereocenters. The lowest BCUT2D eigenvalue weighted by atomic mass is 10.0. The standard InChI is InChI=1S/C21H21ClN2O3/c22-18-7-5-16(6-8-18)15-1-3-17(4-2-15)19(25)23-11-13-24(14-12-23)20(26)21(27)9-10-21/h1-8,27H,9-14H2. The first-order valence-electron chi connectivity index (χ1n) is 9.13. The lowest BCUT2D eigenvalue weighted by Gasteiger charge is -2.35. The van der Waals surface area contributed by atoms with E-state index in [2.05, 4.69) is 0 Å². The maximum Gasteiger partial charge on any atom is 0.254 e. The molecule has 5 nitrogen and oxygen atoms in total. The number of rotatable bonds is 3. The number of carbonyl (C=O) groups excluding carboxylic acids is 2. The summed E-state index contributed by atoms with van der Waals surface area (Å²) in [6.07, 6.45) is 1.09. The van der Waals surface area contributed by atoms with Crippen LogP contribution in [0.1, 0.15) is 23.2 Å². The van der Waals surface area contributed by atoms with Crippen LogP contribution in [0.4, 0.5) is 0 Å². The van der Waals surface area contributed by atoms with Crippen molar-refractivity contribution in [1.82, 2.24) is 9.80 Å². The van der Waals surface area contributed by atoms with Crippen LogP contribution in [0.2, 0.25) is 5.02 Å². The second-order valence-electron chi connectivity index (χ2n) is 7.20. The van der Waals surface area contributed by atoms with E-state index in [-0.39, 0.29) is 11.8 Å². The molecule has 0 radical (unpaired) electrons. The summed E-state index contributed by atoms with van der Waals surface area (Å²) in [5.41, 5.74) is 1.57. The summed E-state index contributed by atoms with van der Waals surface area (Å²) in [5.74, 6) is -0.225. The van der Waals surface area contributed by atoms with E-state index in [0.29, 0.717) is 49.6 Å². The normalized spacial score (nSPS) is 18.3. The number of halogens is 1. The topological polar surface area (TPSA) is 60.9 Å². The van der Waals surface area contributed by atoms with Crippen molar-refractivity contribution in [3.05, 3.63) is 59.1 Å². The average molecular weight is 385 g/mol. The van der Waals surface area contributed by atoms with Crippen LogP contribution in [0.15, 0.2) is 48.5 Å². The van der Waals surface area contributed by atoms with Gasteiger partial charge in [-0.1, -0.05) is 35.9 Å². The number of benzene rings is 2. The van der Waals surface area contributed by atoms with Crippen molar-refractivity contribution < 1.29 is 14.7 Å². The van der Waals surface area contributed by atoms with E-state index in [4.69, 9.17) is 11.6 Å². The molecule has 1 aliphatic carbocycles. The molecule has 2 fully saturated rings. The molecule has 2 aliphatic rings. The van der Waals surface area contributed by atoms with Crippen molar-refractivity contribution in [3.8, 4) is 11.1 Å². The van der Waals surface area contributed by atoms with Gasteiger partial charge in [-0.05, 0) is 48.2 Å². The molecule has 6 heteroatoms. The zero-order chi connectivity index (χ0) is 19.0.